The monoisotopic (exact) mass is 347 g/mol. The van der Waals surface area contributed by atoms with Crippen LogP contribution in [0.1, 0.15) is 35.7 Å². The molecule has 0 aliphatic rings. The molecule has 2 N–H and O–H groups in total. The summed E-state index contributed by atoms with van der Waals surface area (Å²) in [5.74, 6) is 0.725. The number of halogens is 1. The van der Waals surface area contributed by atoms with Crippen LogP contribution in [0.4, 0.5) is 11.5 Å². The van der Waals surface area contributed by atoms with Crippen LogP contribution in [0.15, 0.2) is 36.5 Å². The fourth-order valence-corrected chi connectivity index (χ4v) is 2.47. The van der Waals surface area contributed by atoms with Gasteiger partial charge in [0.25, 0.3) is 5.91 Å². The highest BCUT2D eigenvalue weighted by Gasteiger charge is 2.15. The number of carbonyl (C=O) groups is 1. The number of amides is 1. The lowest BCUT2D eigenvalue weighted by molar-refractivity contribution is 0.0935. The summed E-state index contributed by atoms with van der Waals surface area (Å²) in [6.07, 6.45) is 1.60. The van der Waals surface area contributed by atoms with Crippen LogP contribution >= 0.6 is 11.6 Å². The van der Waals surface area contributed by atoms with Crippen molar-refractivity contribution in [3.8, 4) is 0 Å². The number of ether oxygens (including phenoxy) is 1. The summed E-state index contributed by atoms with van der Waals surface area (Å²) in [6, 6.07) is 9.31. The van der Waals surface area contributed by atoms with Gasteiger partial charge in [-0.05, 0) is 35.7 Å². The molecule has 0 atom stereocenters. The highest BCUT2D eigenvalue weighted by atomic mass is 35.5. The van der Waals surface area contributed by atoms with E-state index in [1.807, 2.05) is 44.2 Å². The van der Waals surface area contributed by atoms with Gasteiger partial charge in [-0.3, -0.25) is 4.79 Å². The van der Waals surface area contributed by atoms with E-state index in [4.69, 9.17) is 16.3 Å². The Bertz CT molecular complexity index is 704. The van der Waals surface area contributed by atoms with E-state index in [1.165, 1.54) is 0 Å². The van der Waals surface area contributed by atoms with Gasteiger partial charge in [0, 0.05) is 30.6 Å². The first-order chi connectivity index (χ1) is 11.5. The van der Waals surface area contributed by atoms with Crippen LogP contribution in [0.2, 0.25) is 5.02 Å². The molecule has 0 bridgehead atoms. The van der Waals surface area contributed by atoms with Gasteiger partial charge < -0.3 is 15.4 Å². The van der Waals surface area contributed by atoms with Crippen molar-refractivity contribution in [2.24, 2.45) is 0 Å². The number of rotatable bonds is 7. The van der Waals surface area contributed by atoms with E-state index in [1.54, 1.807) is 13.3 Å². The highest BCUT2D eigenvalue weighted by Crippen LogP contribution is 2.24. The summed E-state index contributed by atoms with van der Waals surface area (Å²) in [4.78, 5) is 16.7. The predicted molar refractivity (Wildman–Crippen MR) is 97.3 cm³/mol. The maximum absolute atomic E-state index is 12.3. The Morgan fingerprint density at radius 1 is 1.33 bits per heavy atom. The number of nitrogens with one attached hydrogen (secondary N) is 2. The van der Waals surface area contributed by atoms with E-state index in [2.05, 4.69) is 15.6 Å². The predicted octanol–water partition coefficient (Wildman–Crippen LogP) is 3.98. The molecule has 0 aliphatic heterocycles. The fourth-order valence-electron chi connectivity index (χ4n) is 2.28. The number of pyridine rings is 1. The van der Waals surface area contributed by atoms with E-state index in [0.29, 0.717) is 29.6 Å². The van der Waals surface area contributed by atoms with Crippen molar-refractivity contribution in [2.45, 2.75) is 19.8 Å². The third-order valence-electron chi connectivity index (χ3n) is 3.49. The first-order valence-electron chi connectivity index (χ1n) is 7.81. The number of anilines is 2. The third-order valence-corrected chi connectivity index (χ3v) is 3.73. The Morgan fingerprint density at radius 2 is 2.12 bits per heavy atom. The van der Waals surface area contributed by atoms with Crippen molar-refractivity contribution < 1.29 is 9.53 Å². The number of methoxy groups -OCH3 is 1. The molecule has 0 radical (unpaired) electrons. The van der Waals surface area contributed by atoms with Crippen molar-refractivity contribution in [1.29, 1.82) is 0 Å². The molecule has 0 fully saturated rings. The first-order valence-corrected chi connectivity index (χ1v) is 8.18. The topological polar surface area (TPSA) is 63.2 Å². The molecule has 128 valence electrons. The van der Waals surface area contributed by atoms with Gasteiger partial charge in [0.2, 0.25) is 0 Å². The van der Waals surface area contributed by atoms with Gasteiger partial charge in [0.1, 0.15) is 5.82 Å². The van der Waals surface area contributed by atoms with Crippen LogP contribution in [0, 0.1) is 0 Å². The van der Waals surface area contributed by atoms with E-state index in [-0.39, 0.29) is 11.8 Å². The van der Waals surface area contributed by atoms with Crippen molar-refractivity contribution in [3.63, 3.8) is 0 Å². The first kappa shape index (κ1) is 18.2. The molecule has 6 heteroatoms. The Morgan fingerprint density at radius 3 is 2.79 bits per heavy atom. The molecule has 1 aromatic carbocycles. The Hall–Kier alpha value is -2.11. The molecular formula is C18H22ClN3O2. The second-order valence-corrected chi connectivity index (χ2v) is 6.13. The second kappa shape index (κ2) is 8.66. The quantitative estimate of drug-likeness (QED) is 0.744. The summed E-state index contributed by atoms with van der Waals surface area (Å²) >= 11 is 6.00. The largest absolute Gasteiger partial charge is 0.383 e. The van der Waals surface area contributed by atoms with E-state index >= 15 is 0 Å². The van der Waals surface area contributed by atoms with Gasteiger partial charge in [-0.25, -0.2) is 4.98 Å². The molecule has 0 saturated carbocycles. The summed E-state index contributed by atoms with van der Waals surface area (Å²) in [5.41, 5.74) is 2.36. The molecule has 1 heterocycles. The van der Waals surface area contributed by atoms with Crippen LogP contribution in [0.3, 0.4) is 0 Å². The Labute approximate surface area is 147 Å². The minimum atomic E-state index is -0.141. The Balaban J connectivity index is 2.21. The van der Waals surface area contributed by atoms with Gasteiger partial charge in [-0.15, -0.1) is 0 Å². The summed E-state index contributed by atoms with van der Waals surface area (Å²) in [6.45, 7) is 5.04. The van der Waals surface area contributed by atoms with E-state index in [9.17, 15) is 4.79 Å². The fraction of sp³-hybridized carbons (Fsp3) is 0.333. The van der Waals surface area contributed by atoms with E-state index in [0.717, 1.165) is 11.3 Å². The van der Waals surface area contributed by atoms with Gasteiger partial charge in [-0.1, -0.05) is 31.5 Å². The van der Waals surface area contributed by atoms with Crippen LogP contribution in [0.5, 0.6) is 0 Å². The molecule has 5 nitrogen and oxygen atoms in total. The minimum Gasteiger partial charge on any atom is -0.383 e. The smallest absolute Gasteiger partial charge is 0.253 e. The number of aromatic nitrogens is 1. The minimum absolute atomic E-state index is 0.141. The SMILES string of the molecule is COCCNC(=O)c1cnc(Nc2cccc(Cl)c2)cc1C(C)C. The molecule has 0 spiro atoms. The molecule has 2 aromatic rings. The standard InChI is InChI=1S/C18H22ClN3O2/c1-12(2)15-10-17(22-14-6-4-5-13(19)9-14)21-11-16(15)18(23)20-7-8-24-3/h4-6,9-12H,7-8H2,1-3H3,(H,20,23)(H,21,22). The van der Waals surface area contributed by atoms with Gasteiger partial charge in [-0.2, -0.15) is 0 Å². The number of benzene rings is 1. The summed E-state index contributed by atoms with van der Waals surface area (Å²) < 4.78 is 4.95. The van der Waals surface area contributed by atoms with Crippen LogP contribution in [0.25, 0.3) is 0 Å². The average Bonchev–Trinajstić information content (AvgIpc) is 2.55. The van der Waals surface area contributed by atoms with Crippen molar-refractivity contribution in [1.82, 2.24) is 10.3 Å². The number of nitrogens with zero attached hydrogens (tertiary/aromatic N) is 1. The lowest BCUT2D eigenvalue weighted by atomic mass is 9.98. The summed E-state index contributed by atoms with van der Waals surface area (Å²) in [5, 5.41) is 6.69. The lowest BCUT2D eigenvalue weighted by Gasteiger charge is -2.15. The molecule has 2 rings (SSSR count). The lowest BCUT2D eigenvalue weighted by Crippen LogP contribution is -2.28. The molecule has 24 heavy (non-hydrogen) atoms. The zero-order valence-corrected chi connectivity index (χ0v) is 14.9. The number of carbonyl (C=O) groups excluding carboxylic acids is 1. The summed E-state index contributed by atoms with van der Waals surface area (Å²) in [7, 11) is 1.60. The van der Waals surface area contributed by atoms with Gasteiger partial charge >= 0.3 is 0 Å². The third kappa shape index (κ3) is 4.94. The molecular weight excluding hydrogens is 326 g/mol. The van der Waals surface area contributed by atoms with Crippen molar-refractivity contribution in [3.05, 3.63) is 52.7 Å². The van der Waals surface area contributed by atoms with Crippen LogP contribution < -0.4 is 10.6 Å². The zero-order valence-electron chi connectivity index (χ0n) is 14.1. The van der Waals surface area contributed by atoms with Crippen LogP contribution in [-0.4, -0.2) is 31.2 Å². The maximum Gasteiger partial charge on any atom is 0.253 e. The van der Waals surface area contributed by atoms with Crippen molar-refractivity contribution in [2.75, 3.05) is 25.6 Å². The van der Waals surface area contributed by atoms with Crippen LogP contribution in [-0.2, 0) is 4.74 Å². The molecule has 1 aromatic heterocycles. The average molecular weight is 348 g/mol. The molecule has 0 unspecified atom stereocenters. The Kier molecular flexibility index (Phi) is 6.58. The van der Waals surface area contributed by atoms with Gasteiger partial charge in [0.15, 0.2) is 0 Å². The number of hydrogen-bond donors (Lipinski definition) is 2. The van der Waals surface area contributed by atoms with E-state index < -0.39 is 0 Å². The molecule has 0 saturated heterocycles. The highest BCUT2D eigenvalue weighted by molar-refractivity contribution is 6.30. The zero-order chi connectivity index (χ0) is 17.5. The molecule has 1 amide bonds. The second-order valence-electron chi connectivity index (χ2n) is 5.70. The normalized spacial score (nSPS) is 10.7. The number of hydrogen-bond acceptors (Lipinski definition) is 4. The molecule has 0 aliphatic carbocycles. The van der Waals surface area contributed by atoms with Crippen molar-refractivity contribution >= 4 is 29.0 Å². The van der Waals surface area contributed by atoms with Gasteiger partial charge in [0.05, 0.1) is 12.2 Å². The maximum atomic E-state index is 12.3.